The van der Waals surface area contributed by atoms with E-state index in [1.807, 2.05) is 0 Å². The maximum absolute atomic E-state index is 7.76. The molecule has 4 nitrogen and oxygen atoms in total. The van der Waals surface area contributed by atoms with E-state index in [4.69, 9.17) is 9.47 Å². The quantitative estimate of drug-likeness (QED) is 0.164. The van der Waals surface area contributed by atoms with Crippen molar-refractivity contribution in [2.45, 2.75) is 57.8 Å². The number of aromatic nitrogens is 2. The Balaban J connectivity index is 0.769. The van der Waals surface area contributed by atoms with Crippen molar-refractivity contribution in [1.82, 2.24) is 9.13 Å². The number of fused-ring (bicyclic) bond motifs is 24. The molecule has 0 fully saturated rings. The Hall–Kier alpha value is -11.6. The van der Waals surface area contributed by atoms with Crippen LogP contribution in [0.2, 0.25) is 0 Å². The number of hydrogen-bond donors (Lipinski definition) is 0. The normalized spacial score (nSPS) is 14.2. The van der Waals surface area contributed by atoms with Gasteiger partial charge in [0.05, 0.1) is 16.4 Å². The van der Waals surface area contributed by atoms with Gasteiger partial charge in [0.2, 0.25) is 0 Å². The van der Waals surface area contributed by atoms with Crippen LogP contribution < -0.4 is 42.3 Å². The molecule has 6 heteroatoms. The SMILES string of the molecule is CC(C)(C)c1ccc(-c2cc3c4c(c2)-n2c5ccc(-c6ccccc6)cc5c5cccc(c52)B4c2cc4c(cc2O3)C2(c3ccccc3-4)c3ccccc3-c3cc4c(cc32)Oc2cc(-c3ccc(C(C)(C)C)cc3)cc3c2B4c2cccc4c5cc(-c6ccccc6)ccc5n-3c24)cc1. The van der Waals surface area contributed by atoms with Crippen LogP contribution >= 0.6 is 0 Å². The molecule has 0 saturated carbocycles. The van der Waals surface area contributed by atoms with Crippen LogP contribution in [0.15, 0.2) is 279 Å². The minimum atomic E-state index is -0.719. The minimum Gasteiger partial charge on any atom is -0.458 e. The molecule has 0 N–H and O–H groups in total. The largest absolute Gasteiger partial charge is 0.458 e. The fraction of sp³-hybridized carbons (Fsp3) is 0.0968. The van der Waals surface area contributed by atoms with E-state index < -0.39 is 5.41 Å². The monoisotopic (exact) mass is 1260 g/mol. The highest BCUT2D eigenvalue weighted by Crippen LogP contribution is 2.64. The van der Waals surface area contributed by atoms with Gasteiger partial charge in [0.15, 0.2) is 0 Å². The van der Waals surface area contributed by atoms with Gasteiger partial charge in [-0.1, -0.05) is 260 Å². The summed E-state index contributed by atoms with van der Waals surface area (Å²) in [4.78, 5) is 0. The standard InChI is InChI=1S/C93H64B2N2O2/c1-91(2,3)61-37-31-55(32-38-61)59-45-81-87-85(47-59)98-83-51-73-67(49-77(83)94(87)75-29-17-25-65-69-43-57(53-19-9-7-10-20-53)35-41-79(69)96(81)89(65)75)63-23-13-15-27-71(63)93(73)72-28-16-14-24-64(72)68-50-78-84(52-74(68)93)99-86-48-60(56-33-39-62(40-34-56)92(4,5)6)46-82-88(86)95(78)76-30-18-26-66-70-44-58(54-21-11-8-12-22-54)36-42-80(70)97(82)90(66)76/h7-52H,1-6H3. The predicted molar refractivity (Wildman–Crippen MR) is 413 cm³/mol. The Morgan fingerprint density at radius 2 is 0.677 bits per heavy atom. The molecule has 4 aliphatic heterocycles. The summed E-state index contributed by atoms with van der Waals surface area (Å²) in [6.45, 7) is 13.5. The molecule has 6 aliphatic rings. The third-order valence-corrected chi connectivity index (χ3v) is 23.4. The number of benzene rings is 14. The second kappa shape index (κ2) is 19.4. The molecular weight excluding hydrogens is 1200 g/mol. The molecule has 464 valence electrons. The van der Waals surface area contributed by atoms with Crippen LogP contribution in [0, 0.1) is 0 Å². The smallest absolute Gasteiger partial charge is 0.256 e. The molecule has 2 aromatic heterocycles. The maximum atomic E-state index is 7.76. The lowest BCUT2D eigenvalue weighted by atomic mass is 9.34. The number of ether oxygens (including phenoxy) is 2. The first-order valence-electron chi connectivity index (χ1n) is 35.1. The van der Waals surface area contributed by atoms with Gasteiger partial charge in [-0.25, -0.2) is 0 Å². The first-order chi connectivity index (χ1) is 48.3. The summed E-state index contributed by atoms with van der Waals surface area (Å²) in [5, 5.41) is 5.00. The molecule has 0 atom stereocenters. The molecule has 6 heterocycles. The van der Waals surface area contributed by atoms with E-state index in [2.05, 4.69) is 330 Å². The highest BCUT2D eigenvalue weighted by atomic mass is 16.5. The Labute approximate surface area is 576 Å². The Morgan fingerprint density at radius 3 is 1.10 bits per heavy atom. The van der Waals surface area contributed by atoms with E-state index in [-0.39, 0.29) is 24.3 Å². The van der Waals surface area contributed by atoms with E-state index >= 15 is 0 Å². The lowest BCUT2D eigenvalue weighted by Gasteiger charge is -2.36. The highest BCUT2D eigenvalue weighted by Gasteiger charge is 2.55. The zero-order valence-corrected chi connectivity index (χ0v) is 55.9. The van der Waals surface area contributed by atoms with Crippen LogP contribution in [0.3, 0.4) is 0 Å². The lowest BCUT2D eigenvalue weighted by molar-refractivity contribution is 0.485. The van der Waals surface area contributed by atoms with Gasteiger partial charge in [-0.3, -0.25) is 0 Å². The second-order valence-corrected chi connectivity index (χ2v) is 30.6. The second-order valence-electron chi connectivity index (χ2n) is 30.6. The van der Waals surface area contributed by atoms with Gasteiger partial charge in [-0.2, -0.15) is 0 Å². The van der Waals surface area contributed by atoms with Crippen LogP contribution in [-0.2, 0) is 16.2 Å². The van der Waals surface area contributed by atoms with Gasteiger partial charge < -0.3 is 18.6 Å². The minimum absolute atomic E-state index is 0.0182. The highest BCUT2D eigenvalue weighted by molar-refractivity contribution is 7.00. The van der Waals surface area contributed by atoms with Gasteiger partial charge in [0.1, 0.15) is 23.0 Å². The number of nitrogens with zero attached hydrogens (tertiary/aromatic N) is 2. The molecule has 14 aromatic carbocycles. The van der Waals surface area contributed by atoms with E-state index in [0.717, 1.165) is 56.6 Å². The van der Waals surface area contributed by atoms with Gasteiger partial charge in [-0.05, 0) is 204 Å². The summed E-state index contributed by atoms with van der Waals surface area (Å²) >= 11 is 0. The Kier molecular flexibility index (Phi) is 10.9. The summed E-state index contributed by atoms with van der Waals surface area (Å²) in [6, 6.07) is 106. The topological polar surface area (TPSA) is 28.3 Å². The van der Waals surface area contributed by atoms with Crippen LogP contribution in [0.5, 0.6) is 23.0 Å². The molecular formula is C93H64B2N2O2. The van der Waals surface area contributed by atoms with E-state index in [1.54, 1.807) is 0 Å². The molecule has 0 bridgehead atoms. The van der Waals surface area contributed by atoms with Crippen molar-refractivity contribution < 1.29 is 9.47 Å². The van der Waals surface area contributed by atoms with Gasteiger partial charge in [0.25, 0.3) is 13.4 Å². The van der Waals surface area contributed by atoms with Crippen molar-refractivity contribution >= 4 is 89.8 Å². The Bertz CT molecular complexity index is 5910. The third kappa shape index (κ3) is 7.40. The summed E-state index contributed by atoms with van der Waals surface area (Å²) in [7, 11) is 0. The fourth-order valence-electron chi connectivity index (χ4n) is 18.8. The van der Waals surface area contributed by atoms with E-state index in [0.29, 0.717) is 0 Å². The first-order valence-corrected chi connectivity index (χ1v) is 35.1. The van der Waals surface area contributed by atoms with Crippen molar-refractivity contribution in [1.29, 1.82) is 0 Å². The molecule has 22 rings (SSSR count). The van der Waals surface area contributed by atoms with Crippen LogP contribution in [0.4, 0.5) is 0 Å². The van der Waals surface area contributed by atoms with Crippen molar-refractivity contribution in [3.63, 3.8) is 0 Å². The van der Waals surface area contributed by atoms with E-state index in [9.17, 15) is 0 Å². The van der Waals surface area contributed by atoms with Gasteiger partial charge in [0, 0.05) is 44.0 Å². The summed E-state index contributed by atoms with van der Waals surface area (Å²) in [5.41, 5.74) is 35.9. The number of para-hydroxylation sites is 2. The average Bonchev–Trinajstić information content (AvgIpc) is 1.53. The average molecular weight is 1260 g/mol. The summed E-state index contributed by atoms with van der Waals surface area (Å²) in [6.07, 6.45) is 0. The molecule has 16 aromatic rings. The maximum Gasteiger partial charge on any atom is 0.256 e. The predicted octanol–water partition coefficient (Wildman–Crippen LogP) is 19.4. The van der Waals surface area contributed by atoms with Crippen molar-refractivity contribution in [2.24, 2.45) is 0 Å². The summed E-state index contributed by atoms with van der Waals surface area (Å²) < 4.78 is 20.6. The fourth-order valence-corrected chi connectivity index (χ4v) is 18.8. The number of hydrogen-bond acceptors (Lipinski definition) is 2. The zero-order chi connectivity index (χ0) is 65.7. The van der Waals surface area contributed by atoms with Crippen molar-refractivity contribution in [3.8, 4) is 101 Å². The van der Waals surface area contributed by atoms with Crippen molar-refractivity contribution in [2.75, 3.05) is 0 Å². The number of rotatable bonds is 4. The first kappa shape index (κ1) is 55.5. The van der Waals surface area contributed by atoms with Crippen LogP contribution in [0.1, 0.15) is 74.9 Å². The Morgan fingerprint density at radius 1 is 0.283 bits per heavy atom. The van der Waals surface area contributed by atoms with Crippen molar-refractivity contribution in [3.05, 3.63) is 312 Å². The zero-order valence-electron chi connectivity index (χ0n) is 55.9. The lowest BCUT2D eigenvalue weighted by Crippen LogP contribution is -2.58. The molecule has 99 heavy (non-hydrogen) atoms. The van der Waals surface area contributed by atoms with Crippen LogP contribution in [0.25, 0.3) is 122 Å². The molecule has 0 radical (unpaired) electrons. The van der Waals surface area contributed by atoms with Crippen LogP contribution in [-0.4, -0.2) is 22.6 Å². The third-order valence-electron chi connectivity index (χ3n) is 23.4. The molecule has 0 amide bonds. The molecule has 0 unspecified atom stereocenters. The van der Waals surface area contributed by atoms with Gasteiger partial charge >= 0.3 is 0 Å². The summed E-state index contributed by atoms with van der Waals surface area (Å²) in [5.74, 6) is 3.57. The molecule has 0 saturated heterocycles. The molecule has 1 spiro atoms. The van der Waals surface area contributed by atoms with Gasteiger partial charge in [-0.15, -0.1) is 0 Å². The molecule has 2 aliphatic carbocycles. The van der Waals surface area contributed by atoms with E-state index in [1.165, 1.54) is 154 Å².